The Labute approximate surface area is 124 Å². The molecule has 108 valence electrons. The monoisotopic (exact) mass is 292 g/mol. The van der Waals surface area contributed by atoms with Gasteiger partial charge in [-0.1, -0.05) is 13.8 Å². The summed E-state index contributed by atoms with van der Waals surface area (Å²) in [6.07, 6.45) is 5.87. The summed E-state index contributed by atoms with van der Waals surface area (Å²) in [5, 5.41) is 3.44. The van der Waals surface area contributed by atoms with Gasteiger partial charge in [-0.3, -0.25) is 4.98 Å². The molecule has 0 spiro atoms. The Morgan fingerprint density at radius 2 is 2.05 bits per heavy atom. The molecule has 20 heavy (non-hydrogen) atoms. The van der Waals surface area contributed by atoms with Crippen LogP contribution in [0.1, 0.15) is 41.6 Å². The second-order valence-electron chi connectivity index (χ2n) is 4.83. The molecule has 0 amide bonds. The minimum absolute atomic E-state index is 0.0151. The summed E-state index contributed by atoms with van der Waals surface area (Å²) in [6, 6.07) is 6.11. The molecule has 1 N–H and O–H groups in total. The molecule has 2 aromatic rings. The molecule has 0 aliphatic heterocycles. The molecule has 0 aliphatic rings. The third-order valence-corrected chi connectivity index (χ3v) is 4.54. The topological polar surface area (TPSA) is 24.9 Å². The average Bonchev–Trinajstić information content (AvgIpc) is 2.92. The number of halogens is 1. The standard InChI is InChI=1S/C16H21FN2S/c1-3-8-19-16(14-7-9-18-11-15(14)17)10-13-6-5-12(4-2)20-13/h5-7,9,11,16,19H,3-4,8,10H2,1-2H3. The normalized spacial score (nSPS) is 12.6. The van der Waals surface area contributed by atoms with Crippen LogP contribution in [-0.4, -0.2) is 11.5 Å². The van der Waals surface area contributed by atoms with Crippen molar-refractivity contribution >= 4 is 11.3 Å². The van der Waals surface area contributed by atoms with Gasteiger partial charge in [0.1, 0.15) is 5.82 Å². The van der Waals surface area contributed by atoms with Crippen LogP contribution in [0.15, 0.2) is 30.6 Å². The number of rotatable bonds is 7. The molecule has 1 unspecified atom stereocenters. The number of pyridine rings is 1. The Morgan fingerprint density at radius 1 is 1.25 bits per heavy atom. The van der Waals surface area contributed by atoms with E-state index in [-0.39, 0.29) is 11.9 Å². The Balaban J connectivity index is 2.17. The summed E-state index contributed by atoms with van der Waals surface area (Å²) in [5.41, 5.74) is 0.708. The fourth-order valence-electron chi connectivity index (χ4n) is 2.20. The maximum absolute atomic E-state index is 13.9. The van der Waals surface area contributed by atoms with Crippen LogP contribution in [0, 0.1) is 5.82 Å². The molecule has 2 rings (SSSR count). The van der Waals surface area contributed by atoms with Crippen molar-refractivity contribution in [3.63, 3.8) is 0 Å². The van der Waals surface area contributed by atoms with E-state index in [4.69, 9.17) is 0 Å². The van der Waals surface area contributed by atoms with Crippen molar-refractivity contribution in [3.05, 3.63) is 51.7 Å². The fraction of sp³-hybridized carbons (Fsp3) is 0.438. The zero-order valence-corrected chi connectivity index (χ0v) is 12.8. The number of thiophene rings is 1. The molecule has 0 bridgehead atoms. The average molecular weight is 292 g/mol. The smallest absolute Gasteiger partial charge is 0.146 e. The summed E-state index contributed by atoms with van der Waals surface area (Å²) in [4.78, 5) is 6.51. The van der Waals surface area contributed by atoms with E-state index in [1.165, 1.54) is 16.0 Å². The molecule has 0 radical (unpaired) electrons. The molecule has 0 aromatic carbocycles. The minimum Gasteiger partial charge on any atom is -0.310 e. The Morgan fingerprint density at radius 3 is 2.70 bits per heavy atom. The molecule has 0 saturated carbocycles. The summed E-state index contributed by atoms with van der Waals surface area (Å²) in [6.45, 7) is 5.16. The van der Waals surface area contributed by atoms with E-state index in [0.717, 1.165) is 25.8 Å². The zero-order chi connectivity index (χ0) is 14.4. The first-order chi connectivity index (χ1) is 9.74. The predicted molar refractivity (Wildman–Crippen MR) is 82.6 cm³/mol. The Kier molecular flexibility index (Phi) is 5.68. The lowest BCUT2D eigenvalue weighted by atomic mass is 10.0. The van der Waals surface area contributed by atoms with Crippen LogP contribution >= 0.6 is 11.3 Å². The van der Waals surface area contributed by atoms with Crippen molar-refractivity contribution in [2.75, 3.05) is 6.54 Å². The van der Waals surface area contributed by atoms with Gasteiger partial charge in [0.25, 0.3) is 0 Å². The van der Waals surface area contributed by atoms with Crippen molar-refractivity contribution < 1.29 is 4.39 Å². The van der Waals surface area contributed by atoms with Crippen LogP contribution in [0.5, 0.6) is 0 Å². The van der Waals surface area contributed by atoms with Crippen LogP contribution in [0.3, 0.4) is 0 Å². The van der Waals surface area contributed by atoms with Crippen molar-refractivity contribution in [1.82, 2.24) is 10.3 Å². The molecule has 2 nitrogen and oxygen atoms in total. The van der Waals surface area contributed by atoms with Crippen molar-refractivity contribution in [2.24, 2.45) is 0 Å². The van der Waals surface area contributed by atoms with Crippen LogP contribution in [0.25, 0.3) is 0 Å². The molecule has 0 fully saturated rings. The Hall–Kier alpha value is -1.26. The predicted octanol–water partition coefficient (Wildman–Crippen LogP) is 4.13. The molecule has 4 heteroatoms. The number of nitrogens with one attached hydrogen (secondary N) is 1. The first-order valence-electron chi connectivity index (χ1n) is 7.15. The fourth-order valence-corrected chi connectivity index (χ4v) is 3.21. The van der Waals surface area contributed by atoms with Gasteiger partial charge in [-0.05, 0) is 37.6 Å². The lowest BCUT2D eigenvalue weighted by molar-refractivity contribution is 0.497. The SMILES string of the molecule is CCCNC(Cc1ccc(CC)s1)c1ccncc1F. The molecule has 0 aliphatic carbocycles. The van der Waals surface area contributed by atoms with Gasteiger partial charge in [0, 0.05) is 34.0 Å². The van der Waals surface area contributed by atoms with E-state index in [9.17, 15) is 4.39 Å². The van der Waals surface area contributed by atoms with Gasteiger partial charge in [0.2, 0.25) is 0 Å². The van der Waals surface area contributed by atoms with Gasteiger partial charge < -0.3 is 5.32 Å². The van der Waals surface area contributed by atoms with Crippen LogP contribution in [0.2, 0.25) is 0 Å². The number of aromatic nitrogens is 1. The molecule has 0 saturated heterocycles. The van der Waals surface area contributed by atoms with Gasteiger partial charge in [-0.2, -0.15) is 0 Å². The maximum Gasteiger partial charge on any atom is 0.146 e. The largest absolute Gasteiger partial charge is 0.310 e. The van der Waals surface area contributed by atoms with Crippen molar-refractivity contribution in [2.45, 2.75) is 39.2 Å². The number of hydrogen-bond acceptors (Lipinski definition) is 3. The van der Waals surface area contributed by atoms with Gasteiger partial charge in [-0.15, -0.1) is 11.3 Å². The van der Waals surface area contributed by atoms with Gasteiger partial charge in [0.05, 0.1) is 6.20 Å². The highest BCUT2D eigenvalue weighted by molar-refractivity contribution is 7.11. The third kappa shape index (κ3) is 3.87. The van der Waals surface area contributed by atoms with E-state index in [2.05, 4.69) is 36.3 Å². The highest BCUT2D eigenvalue weighted by atomic mass is 32.1. The second kappa shape index (κ2) is 7.50. The highest BCUT2D eigenvalue weighted by Gasteiger charge is 2.16. The first kappa shape index (κ1) is 15.1. The molecular formula is C16H21FN2S. The quantitative estimate of drug-likeness (QED) is 0.830. The summed E-state index contributed by atoms with van der Waals surface area (Å²) < 4.78 is 13.9. The van der Waals surface area contributed by atoms with Gasteiger partial charge in [-0.25, -0.2) is 4.39 Å². The second-order valence-corrected chi connectivity index (χ2v) is 6.08. The molecular weight excluding hydrogens is 271 g/mol. The van der Waals surface area contributed by atoms with Gasteiger partial charge >= 0.3 is 0 Å². The number of nitrogens with zero attached hydrogens (tertiary/aromatic N) is 1. The molecule has 2 aromatic heterocycles. The van der Waals surface area contributed by atoms with Crippen LogP contribution in [-0.2, 0) is 12.8 Å². The molecule has 2 heterocycles. The van der Waals surface area contributed by atoms with E-state index in [0.29, 0.717) is 5.56 Å². The lowest BCUT2D eigenvalue weighted by Crippen LogP contribution is -2.24. The van der Waals surface area contributed by atoms with E-state index >= 15 is 0 Å². The van der Waals surface area contributed by atoms with E-state index < -0.39 is 0 Å². The minimum atomic E-state index is -0.228. The van der Waals surface area contributed by atoms with Crippen LogP contribution in [0.4, 0.5) is 4.39 Å². The van der Waals surface area contributed by atoms with Crippen molar-refractivity contribution in [3.8, 4) is 0 Å². The first-order valence-corrected chi connectivity index (χ1v) is 7.96. The van der Waals surface area contributed by atoms with Crippen LogP contribution < -0.4 is 5.32 Å². The third-order valence-electron chi connectivity index (χ3n) is 3.29. The highest BCUT2D eigenvalue weighted by Crippen LogP contribution is 2.25. The maximum atomic E-state index is 13.9. The van der Waals surface area contributed by atoms with Gasteiger partial charge in [0.15, 0.2) is 0 Å². The number of hydrogen-bond donors (Lipinski definition) is 1. The molecule has 1 atom stereocenters. The Bertz CT molecular complexity index is 539. The summed E-state index contributed by atoms with van der Waals surface area (Å²) >= 11 is 1.82. The van der Waals surface area contributed by atoms with E-state index in [1.807, 2.05) is 11.3 Å². The zero-order valence-electron chi connectivity index (χ0n) is 12.0. The lowest BCUT2D eigenvalue weighted by Gasteiger charge is -2.18. The summed E-state index contributed by atoms with van der Waals surface area (Å²) in [5.74, 6) is -0.228. The summed E-state index contributed by atoms with van der Waals surface area (Å²) in [7, 11) is 0. The van der Waals surface area contributed by atoms with Crippen molar-refractivity contribution in [1.29, 1.82) is 0 Å². The number of aryl methyl sites for hydroxylation is 1. The van der Waals surface area contributed by atoms with E-state index in [1.54, 1.807) is 12.3 Å².